The predicted octanol–water partition coefficient (Wildman–Crippen LogP) is 1.51. The zero-order valence-electron chi connectivity index (χ0n) is 9.90. The number of hydrogen-bond donors (Lipinski definition) is 1. The molecular formula is C11H18N2O3. The van der Waals surface area contributed by atoms with Crippen LogP contribution in [0.15, 0.2) is 18.3 Å². The number of nitrogens with one attached hydrogen (secondary N) is 1. The normalized spacial score (nSPS) is 10.5. The first-order valence-corrected chi connectivity index (χ1v) is 5.18. The minimum absolute atomic E-state index is 0.258. The van der Waals surface area contributed by atoms with E-state index in [2.05, 4.69) is 10.3 Å². The van der Waals surface area contributed by atoms with E-state index < -0.39 is 0 Å². The van der Waals surface area contributed by atoms with Crippen LogP contribution >= 0.6 is 0 Å². The summed E-state index contributed by atoms with van der Waals surface area (Å²) in [5.41, 5.74) is 0.905. The van der Waals surface area contributed by atoms with Gasteiger partial charge in [-0.15, -0.1) is 0 Å². The third-order valence-corrected chi connectivity index (χ3v) is 2.03. The molecule has 0 aliphatic heterocycles. The van der Waals surface area contributed by atoms with Crippen molar-refractivity contribution in [2.24, 2.45) is 0 Å². The summed E-state index contributed by atoms with van der Waals surface area (Å²) < 4.78 is 15.3. The van der Waals surface area contributed by atoms with Crippen LogP contribution in [0, 0.1) is 0 Å². The molecule has 0 fully saturated rings. The van der Waals surface area contributed by atoms with Gasteiger partial charge in [0.15, 0.2) is 6.29 Å². The van der Waals surface area contributed by atoms with Crippen molar-refractivity contribution in [3.63, 3.8) is 0 Å². The average Bonchev–Trinajstić information content (AvgIpc) is 2.33. The molecule has 0 aliphatic carbocycles. The van der Waals surface area contributed by atoms with Gasteiger partial charge in [-0.25, -0.2) is 4.98 Å². The number of anilines is 1. The van der Waals surface area contributed by atoms with E-state index in [4.69, 9.17) is 14.2 Å². The van der Waals surface area contributed by atoms with Gasteiger partial charge in [0.25, 0.3) is 0 Å². The molecular weight excluding hydrogens is 208 g/mol. The number of rotatable bonds is 7. The molecule has 0 spiro atoms. The molecule has 0 atom stereocenters. The van der Waals surface area contributed by atoms with E-state index in [9.17, 15) is 0 Å². The van der Waals surface area contributed by atoms with Gasteiger partial charge in [-0.1, -0.05) is 0 Å². The predicted molar refractivity (Wildman–Crippen MR) is 61.7 cm³/mol. The minimum atomic E-state index is -0.258. The molecule has 1 rings (SSSR count). The largest absolute Gasteiger partial charge is 0.478 e. The molecule has 0 aliphatic rings. The maximum absolute atomic E-state index is 5.24. The topological polar surface area (TPSA) is 52.6 Å². The first-order valence-electron chi connectivity index (χ1n) is 5.18. The smallest absolute Gasteiger partial charge is 0.213 e. The van der Waals surface area contributed by atoms with Crippen LogP contribution in [-0.4, -0.2) is 38.6 Å². The van der Waals surface area contributed by atoms with Gasteiger partial charge in [-0.2, -0.15) is 0 Å². The lowest BCUT2D eigenvalue weighted by Crippen LogP contribution is -2.23. The zero-order chi connectivity index (χ0) is 11.8. The van der Waals surface area contributed by atoms with Gasteiger partial charge in [0.05, 0.1) is 25.0 Å². The first-order chi connectivity index (χ1) is 7.80. The Morgan fingerprint density at radius 3 is 2.56 bits per heavy atom. The lowest BCUT2D eigenvalue weighted by atomic mass is 10.4. The van der Waals surface area contributed by atoms with Crippen LogP contribution in [0.4, 0.5) is 5.69 Å². The van der Waals surface area contributed by atoms with Gasteiger partial charge in [0.2, 0.25) is 5.88 Å². The number of pyridine rings is 1. The Hall–Kier alpha value is -1.33. The molecule has 16 heavy (non-hydrogen) atoms. The van der Waals surface area contributed by atoms with E-state index in [-0.39, 0.29) is 6.29 Å². The molecule has 0 bridgehead atoms. The van der Waals surface area contributed by atoms with Crippen LogP contribution in [0.2, 0.25) is 0 Å². The second-order valence-electron chi connectivity index (χ2n) is 3.10. The Morgan fingerprint density at radius 1 is 1.31 bits per heavy atom. The quantitative estimate of drug-likeness (QED) is 0.714. The second-order valence-corrected chi connectivity index (χ2v) is 3.10. The lowest BCUT2D eigenvalue weighted by Gasteiger charge is -2.14. The Kier molecular flexibility index (Phi) is 5.60. The van der Waals surface area contributed by atoms with E-state index >= 15 is 0 Å². The number of aromatic nitrogens is 1. The minimum Gasteiger partial charge on any atom is -0.478 e. The summed E-state index contributed by atoms with van der Waals surface area (Å²) in [6.07, 6.45) is 1.46. The average molecular weight is 226 g/mol. The first kappa shape index (κ1) is 12.7. The van der Waals surface area contributed by atoms with Gasteiger partial charge >= 0.3 is 0 Å². The number of ether oxygens (including phenoxy) is 3. The van der Waals surface area contributed by atoms with Gasteiger partial charge in [-0.3, -0.25) is 0 Å². The fraction of sp³-hybridized carbons (Fsp3) is 0.545. The van der Waals surface area contributed by atoms with Gasteiger partial charge in [-0.05, 0) is 13.0 Å². The van der Waals surface area contributed by atoms with E-state index in [0.717, 1.165) is 5.69 Å². The molecule has 0 unspecified atom stereocenters. The Morgan fingerprint density at radius 2 is 2.06 bits per heavy atom. The van der Waals surface area contributed by atoms with E-state index in [1.165, 1.54) is 0 Å². The van der Waals surface area contributed by atoms with Gasteiger partial charge in [0, 0.05) is 20.3 Å². The van der Waals surface area contributed by atoms with Crippen LogP contribution < -0.4 is 10.1 Å². The third-order valence-electron chi connectivity index (χ3n) is 2.03. The van der Waals surface area contributed by atoms with Crippen molar-refractivity contribution >= 4 is 5.69 Å². The molecule has 0 saturated heterocycles. The number of hydrogen-bond acceptors (Lipinski definition) is 5. The molecule has 90 valence electrons. The molecule has 1 aromatic heterocycles. The highest BCUT2D eigenvalue weighted by atomic mass is 16.7. The molecule has 0 amide bonds. The molecule has 1 heterocycles. The highest BCUT2D eigenvalue weighted by Crippen LogP contribution is 2.11. The van der Waals surface area contributed by atoms with Crippen LogP contribution in [0.5, 0.6) is 5.88 Å². The van der Waals surface area contributed by atoms with Crippen molar-refractivity contribution < 1.29 is 14.2 Å². The van der Waals surface area contributed by atoms with Crippen molar-refractivity contribution in [3.8, 4) is 5.88 Å². The molecule has 5 nitrogen and oxygen atoms in total. The van der Waals surface area contributed by atoms with Crippen LogP contribution in [-0.2, 0) is 9.47 Å². The molecule has 5 heteroatoms. The fourth-order valence-electron chi connectivity index (χ4n) is 1.18. The van der Waals surface area contributed by atoms with Crippen LogP contribution in [0.1, 0.15) is 6.92 Å². The van der Waals surface area contributed by atoms with Crippen molar-refractivity contribution in [1.29, 1.82) is 0 Å². The summed E-state index contributed by atoms with van der Waals surface area (Å²) in [4.78, 5) is 4.13. The summed E-state index contributed by atoms with van der Waals surface area (Å²) in [6.45, 7) is 3.12. The monoisotopic (exact) mass is 226 g/mol. The molecule has 0 saturated carbocycles. The Balaban J connectivity index is 2.42. The van der Waals surface area contributed by atoms with Crippen molar-refractivity contribution in [2.75, 3.05) is 32.7 Å². The maximum atomic E-state index is 5.24. The highest BCUT2D eigenvalue weighted by molar-refractivity contribution is 5.41. The molecule has 1 N–H and O–H groups in total. The molecule has 0 radical (unpaired) electrons. The van der Waals surface area contributed by atoms with Crippen molar-refractivity contribution in [3.05, 3.63) is 18.3 Å². The summed E-state index contributed by atoms with van der Waals surface area (Å²) in [7, 11) is 3.21. The highest BCUT2D eigenvalue weighted by Gasteiger charge is 2.04. The fourth-order valence-corrected chi connectivity index (χ4v) is 1.18. The summed E-state index contributed by atoms with van der Waals surface area (Å²) in [5, 5.41) is 3.15. The summed E-state index contributed by atoms with van der Waals surface area (Å²) >= 11 is 0. The Bertz CT molecular complexity index is 286. The van der Waals surface area contributed by atoms with E-state index in [0.29, 0.717) is 19.0 Å². The lowest BCUT2D eigenvalue weighted by molar-refractivity contribution is -0.0914. The zero-order valence-corrected chi connectivity index (χ0v) is 9.90. The Labute approximate surface area is 95.7 Å². The maximum Gasteiger partial charge on any atom is 0.213 e. The summed E-state index contributed by atoms with van der Waals surface area (Å²) in [6, 6.07) is 3.72. The SMILES string of the molecule is CCOc1ccc(NCC(OC)OC)cn1. The van der Waals surface area contributed by atoms with Gasteiger partial charge in [0.1, 0.15) is 0 Å². The number of nitrogens with zero attached hydrogens (tertiary/aromatic N) is 1. The van der Waals surface area contributed by atoms with E-state index in [1.807, 2.05) is 19.1 Å². The standard InChI is InChI=1S/C11H18N2O3/c1-4-16-10-6-5-9(7-13-10)12-8-11(14-2)15-3/h5-7,11-12H,4,8H2,1-3H3. The van der Waals surface area contributed by atoms with Crippen LogP contribution in [0.3, 0.4) is 0 Å². The number of methoxy groups -OCH3 is 2. The van der Waals surface area contributed by atoms with E-state index in [1.54, 1.807) is 20.4 Å². The molecule has 1 aromatic rings. The van der Waals surface area contributed by atoms with Crippen molar-refractivity contribution in [1.82, 2.24) is 4.98 Å². The summed E-state index contributed by atoms with van der Waals surface area (Å²) in [5.74, 6) is 0.628. The van der Waals surface area contributed by atoms with Crippen LogP contribution in [0.25, 0.3) is 0 Å². The third kappa shape index (κ3) is 4.04. The molecule has 0 aromatic carbocycles. The van der Waals surface area contributed by atoms with Crippen molar-refractivity contribution in [2.45, 2.75) is 13.2 Å². The second kappa shape index (κ2) is 7.03. The van der Waals surface area contributed by atoms with Gasteiger partial charge < -0.3 is 19.5 Å².